The lowest BCUT2D eigenvalue weighted by atomic mass is 10.2. The highest BCUT2D eigenvalue weighted by atomic mass is 16.5. The van der Waals surface area contributed by atoms with Crippen LogP contribution in [0.5, 0.6) is 0 Å². The molecule has 2 heterocycles. The van der Waals surface area contributed by atoms with Gasteiger partial charge in [0.1, 0.15) is 0 Å². The Morgan fingerprint density at radius 3 is 2.52 bits per heavy atom. The molecular formula is C14H26N4O3. The summed E-state index contributed by atoms with van der Waals surface area (Å²) in [6.07, 6.45) is 2.30. The number of hydrogen-bond donors (Lipinski definition) is 1. The lowest BCUT2D eigenvalue weighted by Gasteiger charge is -2.35. The summed E-state index contributed by atoms with van der Waals surface area (Å²) >= 11 is 0. The van der Waals surface area contributed by atoms with Crippen molar-refractivity contribution in [3.8, 4) is 0 Å². The van der Waals surface area contributed by atoms with Crippen molar-refractivity contribution in [2.24, 2.45) is 0 Å². The summed E-state index contributed by atoms with van der Waals surface area (Å²) in [5.41, 5.74) is 0. The number of nitrogens with one attached hydrogen (secondary N) is 1. The SMILES string of the molecule is CN(C)C(=O)N1CCN(CC(=O)NC[C@H]2CCCO2)CC1. The van der Waals surface area contributed by atoms with Crippen LogP contribution >= 0.6 is 0 Å². The molecule has 2 rings (SSSR count). The smallest absolute Gasteiger partial charge is 0.319 e. The van der Waals surface area contributed by atoms with Gasteiger partial charge >= 0.3 is 6.03 Å². The van der Waals surface area contributed by atoms with E-state index in [4.69, 9.17) is 4.74 Å². The van der Waals surface area contributed by atoms with Crippen molar-refractivity contribution >= 4 is 11.9 Å². The van der Waals surface area contributed by atoms with Crippen molar-refractivity contribution in [1.82, 2.24) is 20.0 Å². The Morgan fingerprint density at radius 2 is 1.95 bits per heavy atom. The minimum Gasteiger partial charge on any atom is -0.376 e. The molecule has 0 aromatic rings. The number of urea groups is 1. The largest absolute Gasteiger partial charge is 0.376 e. The van der Waals surface area contributed by atoms with Gasteiger partial charge in [0.05, 0.1) is 12.6 Å². The van der Waals surface area contributed by atoms with Crippen LogP contribution in [-0.4, -0.2) is 92.7 Å². The number of hydrogen-bond acceptors (Lipinski definition) is 4. The standard InChI is InChI=1S/C14H26N4O3/c1-16(2)14(20)18-7-5-17(6-8-18)11-13(19)15-10-12-4-3-9-21-12/h12H,3-11H2,1-2H3,(H,15,19)/t12-/m1/s1. The number of rotatable bonds is 4. The summed E-state index contributed by atoms with van der Waals surface area (Å²) in [4.78, 5) is 29.2. The molecule has 0 aromatic carbocycles. The summed E-state index contributed by atoms with van der Waals surface area (Å²) in [6.45, 7) is 4.66. The van der Waals surface area contributed by atoms with Crippen LogP contribution in [0.3, 0.4) is 0 Å². The molecule has 7 nitrogen and oxygen atoms in total. The zero-order valence-electron chi connectivity index (χ0n) is 13.0. The highest BCUT2D eigenvalue weighted by molar-refractivity contribution is 5.78. The van der Waals surface area contributed by atoms with Gasteiger partial charge in [-0.05, 0) is 12.8 Å². The molecule has 21 heavy (non-hydrogen) atoms. The van der Waals surface area contributed by atoms with Gasteiger partial charge in [-0.15, -0.1) is 0 Å². The highest BCUT2D eigenvalue weighted by Crippen LogP contribution is 2.10. The molecule has 1 N–H and O–H groups in total. The molecule has 7 heteroatoms. The average molecular weight is 298 g/mol. The predicted octanol–water partition coefficient (Wildman–Crippen LogP) is -0.419. The van der Waals surface area contributed by atoms with E-state index in [1.165, 1.54) is 0 Å². The van der Waals surface area contributed by atoms with Crippen LogP contribution in [0.1, 0.15) is 12.8 Å². The molecule has 2 fully saturated rings. The van der Waals surface area contributed by atoms with E-state index >= 15 is 0 Å². The maximum Gasteiger partial charge on any atom is 0.319 e. The third-order valence-corrected chi connectivity index (χ3v) is 3.94. The number of carbonyl (C=O) groups excluding carboxylic acids is 2. The molecule has 0 unspecified atom stereocenters. The maximum absolute atomic E-state index is 11.9. The second-order valence-electron chi connectivity index (χ2n) is 5.88. The van der Waals surface area contributed by atoms with Gasteiger partial charge in [0.25, 0.3) is 0 Å². The maximum atomic E-state index is 11.9. The zero-order valence-corrected chi connectivity index (χ0v) is 13.0. The molecule has 0 aromatic heterocycles. The average Bonchev–Trinajstić information content (AvgIpc) is 2.98. The Hall–Kier alpha value is -1.34. The Labute approximate surface area is 126 Å². The summed E-state index contributed by atoms with van der Waals surface area (Å²) < 4.78 is 5.48. The van der Waals surface area contributed by atoms with Gasteiger partial charge in [-0.3, -0.25) is 9.69 Å². The van der Waals surface area contributed by atoms with Crippen LogP contribution in [0.2, 0.25) is 0 Å². The first-order valence-corrected chi connectivity index (χ1v) is 7.63. The lowest BCUT2D eigenvalue weighted by Crippen LogP contribution is -2.53. The molecule has 3 amide bonds. The Kier molecular flexibility index (Phi) is 5.81. The van der Waals surface area contributed by atoms with Gasteiger partial charge in [0.2, 0.25) is 5.91 Å². The number of ether oxygens (including phenoxy) is 1. The van der Waals surface area contributed by atoms with Crippen molar-refractivity contribution < 1.29 is 14.3 Å². The molecular weight excluding hydrogens is 272 g/mol. The monoisotopic (exact) mass is 298 g/mol. The first kappa shape index (κ1) is 16.0. The molecule has 0 aliphatic carbocycles. The van der Waals surface area contributed by atoms with E-state index in [-0.39, 0.29) is 18.0 Å². The van der Waals surface area contributed by atoms with Crippen LogP contribution in [-0.2, 0) is 9.53 Å². The van der Waals surface area contributed by atoms with Gasteiger partial charge in [-0.1, -0.05) is 0 Å². The summed E-state index contributed by atoms with van der Waals surface area (Å²) in [5.74, 6) is 0.0397. The second kappa shape index (κ2) is 7.61. The number of carbonyl (C=O) groups is 2. The topological polar surface area (TPSA) is 65.1 Å². The normalized spacial score (nSPS) is 23.1. The van der Waals surface area contributed by atoms with Crippen molar-refractivity contribution in [3.05, 3.63) is 0 Å². The van der Waals surface area contributed by atoms with Crippen LogP contribution in [0, 0.1) is 0 Å². The fourth-order valence-electron chi connectivity index (χ4n) is 2.67. The summed E-state index contributed by atoms with van der Waals surface area (Å²) in [7, 11) is 3.51. The van der Waals surface area contributed by atoms with Gasteiger partial charge in [-0.25, -0.2) is 4.79 Å². The van der Waals surface area contributed by atoms with E-state index in [1.54, 1.807) is 19.0 Å². The zero-order chi connectivity index (χ0) is 15.2. The van der Waals surface area contributed by atoms with Crippen molar-refractivity contribution in [2.45, 2.75) is 18.9 Å². The molecule has 0 radical (unpaired) electrons. The van der Waals surface area contributed by atoms with Crippen LogP contribution < -0.4 is 5.32 Å². The van der Waals surface area contributed by atoms with Gasteiger partial charge < -0.3 is 19.9 Å². The van der Waals surface area contributed by atoms with Crippen molar-refractivity contribution in [1.29, 1.82) is 0 Å². The lowest BCUT2D eigenvalue weighted by molar-refractivity contribution is -0.123. The molecule has 1 atom stereocenters. The minimum atomic E-state index is 0.0393. The third-order valence-electron chi connectivity index (χ3n) is 3.94. The molecule has 120 valence electrons. The van der Waals surface area contributed by atoms with Gasteiger partial charge in [0, 0.05) is 53.4 Å². The van der Waals surface area contributed by atoms with Crippen LogP contribution in [0.4, 0.5) is 4.79 Å². The first-order valence-electron chi connectivity index (χ1n) is 7.63. The van der Waals surface area contributed by atoms with Crippen molar-refractivity contribution in [3.63, 3.8) is 0 Å². The summed E-state index contributed by atoms with van der Waals surface area (Å²) in [6, 6.07) is 0.0393. The first-order chi connectivity index (χ1) is 10.1. The second-order valence-corrected chi connectivity index (χ2v) is 5.88. The molecule has 0 saturated carbocycles. The van der Waals surface area contributed by atoms with E-state index in [0.29, 0.717) is 26.2 Å². The van der Waals surface area contributed by atoms with Gasteiger partial charge in [0.15, 0.2) is 0 Å². The Balaban J connectivity index is 1.63. The van der Waals surface area contributed by atoms with E-state index in [2.05, 4.69) is 10.2 Å². The quantitative estimate of drug-likeness (QED) is 0.766. The number of nitrogens with zero attached hydrogens (tertiary/aromatic N) is 3. The Morgan fingerprint density at radius 1 is 1.24 bits per heavy atom. The number of amides is 3. The van der Waals surface area contributed by atoms with E-state index in [0.717, 1.165) is 32.5 Å². The molecule has 0 spiro atoms. The van der Waals surface area contributed by atoms with Crippen molar-refractivity contribution in [2.75, 3.05) is 60.0 Å². The van der Waals surface area contributed by atoms with Crippen LogP contribution in [0.15, 0.2) is 0 Å². The molecule has 0 bridgehead atoms. The van der Waals surface area contributed by atoms with E-state index in [1.807, 2.05) is 4.90 Å². The fourth-order valence-corrected chi connectivity index (χ4v) is 2.67. The molecule has 2 aliphatic heterocycles. The number of piperazine rings is 1. The third kappa shape index (κ3) is 4.86. The van der Waals surface area contributed by atoms with E-state index < -0.39 is 0 Å². The van der Waals surface area contributed by atoms with Gasteiger partial charge in [-0.2, -0.15) is 0 Å². The van der Waals surface area contributed by atoms with E-state index in [9.17, 15) is 9.59 Å². The molecule has 2 aliphatic rings. The summed E-state index contributed by atoms with van der Waals surface area (Å²) in [5, 5.41) is 2.93. The predicted molar refractivity (Wildman–Crippen MR) is 79.1 cm³/mol. The highest BCUT2D eigenvalue weighted by Gasteiger charge is 2.23. The fraction of sp³-hybridized carbons (Fsp3) is 0.857. The molecule has 2 saturated heterocycles. The minimum absolute atomic E-state index is 0.0393. The van der Waals surface area contributed by atoms with Crippen LogP contribution in [0.25, 0.3) is 0 Å². The Bertz CT molecular complexity index is 361.